The molecule has 0 bridgehead atoms. The molecule has 2 rings (SSSR count). The number of nitrogen functional groups attached to an aromatic ring is 1. The minimum Gasteiger partial charge on any atom is -0.369 e. The molecule has 0 atom stereocenters. The monoisotopic (exact) mass is 219 g/mol. The SMILES string of the molecule is CCCCc1cnc2nc(N)[nH]c(=O)c2n1. The number of hydrogen-bond donors (Lipinski definition) is 2. The lowest BCUT2D eigenvalue weighted by molar-refractivity contribution is 0.775. The van der Waals surface area contributed by atoms with Crippen LogP contribution in [0.2, 0.25) is 0 Å². The summed E-state index contributed by atoms with van der Waals surface area (Å²) in [5, 5.41) is 0. The van der Waals surface area contributed by atoms with E-state index < -0.39 is 0 Å². The van der Waals surface area contributed by atoms with Gasteiger partial charge in [-0.15, -0.1) is 0 Å². The number of aryl methyl sites for hydroxylation is 1. The van der Waals surface area contributed by atoms with Gasteiger partial charge in [-0.1, -0.05) is 13.3 Å². The van der Waals surface area contributed by atoms with Crippen molar-refractivity contribution < 1.29 is 0 Å². The number of nitrogens with zero attached hydrogens (tertiary/aromatic N) is 3. The first kappa shape index (κ1) is 10.5. The molecule has 2 aromatic rings. The van der Waals surface area contributed by atoms with Crippen molar-refractivity contribution in [3.8, 4) is 0 Å². The zero-order chi connectivity index (χ0) is 11.5. The summed E-state index contributed by atoms with van der Waals surface area (Å²) in [7, 11) is 0. The van der Waals surface area contributed by atoms with Gasteiger partial charge < -0.3 is 5.73 Å². The summed E-state index contributed by atoms with van der Waals surface area (Å²) in [5.74, 6) is 0.0631. The molecule has 0 saturated carbocycles. The van der Waals surface area contributed by atoms with Gasteiger partial charge in [0.25, 0.3) is 5.56 Å². The molecule has 3 N–H and O–H groups in total. The zero-order valence-electron chi connectivity index (χ0n) is 9.03. The number of aromatic amines is 1. The van der Waals surface area contributed by atoms with Crippen LogP contribution in [0.1, 0.15) is 25.5 Å². The molecule has 0 unspecified atom stereocenters. The summed E-state index contributed by atoms with van der Waals surface area (Å²) in [5.41, 5.74) is 6.43. The van der Waals surface area contributed by atoms with Gasteiger partial charge in [-0.05, 0) is 12.8 Å². The van der Waals surface area contributed by atoms with Crippen LogP contribution >= 0.6 is 0 Å². The molecule has 16 heavy (non-hydrogen) atoms. The second kappa shape index (κ2) is 4.26. The van der Waals surface area contributed by atoms with Crippen molar-refractivity contribution in [2.24, 2.45) is 0 Å². The van der Waals surface area contributed by atoms with Gasteiger partial charge in [-0.2, -0.15) is 4.98 Å². The van der Waals surface area contributed by atoms with E-state index in [1.165, 1.54) is 0 Å². The van der Waals surface area contributed by atoms with Crippen molar-refractivity contribution in [2.75, 3.05) is 5.73 Å². The fraction of sp³-hybridized carbons (Fsp3) is 0.400. The van der Waals surface area contributed by atoms with E-state index in [1.807, 2.05) is 0 Å². The minimum atomic E-state index is -0.339. The number of unbranched alkanes of at least 4 members (excludes halogenated alkanes) is 1. The Labute approximate surface area is 92.0 Å². The molecule has 6 heteroatoms. The number of H-pyrrole nitrogens is 1. The molecule has 0 amide bonds. The fourth-order valence-corrected chi connectivity index (χ4v) is 1.45. The first-order valence-electron chi connectivity index (χ1n) is 5.22. The van der Waals surface area contributed by atoms with Crippen LogP contribution in [-0.2, 0) is 6.42 Å². The molecule has 6 nitrogen and oxygen atoms in total. The Morgan fingerprint density at radius 1 is 1.44 bits per heavy atom. The quantitative estimate of drug-likeness (QED) is 0.789. The summed E-state index contributed by atoms with van der Waals surface area (Å²) >= 11 is 0. The number of rotatable bonds is 3. The van der Waals surface area contributed by atoms with Crippen molar-refractivity contribution >= 4 is 17.1 Å². The second-order valence-electron chi connectivity index (χ2n) is 3.59. The largest absolute Gasteiger partial charge is 0.369 e. The lowest BCUT2D eigenvalue weighted by Gasteiger charge is -2.00. The molecular weight excluding hydrogens is 206 g/mol. The van der Waals surface area contributed by atoms with Crippen LogP contribution < -0.4 is 11.3 Å². The highest BCUT2D eigenvalue weighted by atomic mass is 16.1. The second-order valence-corrected chi connectivity index (χ2v) is 3.59. The van der Waals surface area contributed by atoms with Crippen LogP contribution in [-0.4, -0.2) is 19.9 Å². The van der Waals surface area contributed by atoms with Crippen molar-refractivity contribution in [1.29, 1.82) is 0 Å². The number of anilines is 1. The van der Waals surface area contributed by atoms with Crippen LogP contribution in [0.25, 0.3) is 11.2 Å². The maximum Gasteiger partial charge on any atom is 0.280 e. The molecule has 2 aromatic heterocycles. The molecule has 0 radical (unpaired) electrons. The molecule has 2 heterocycles. The van der Waals surface area contributed by atoms with Crippen molar-refractivity contribution in [3.05, 3.63) is 22.2 Å². The minimum absolute atomic E-state index is 0.0631. The zero-order valence-corrected chi connectivity index (χ0v) is 9.03. The van der Waals surface area contributed by atoms with E-state index >= 15 is 0 Å². The van der Waals surface area contributed by atoms with Gasteiger partial charge in [0.05, 0.1) is 11.9 Å². The summed E-state index contributed by atoms with van der Waals surface area (Å²) in [6.45, 7) is 2.10. The highest BCUT2D eigenvalue weighted by molar-refractivity contribution is 5.69. The van der Waals surface area contributed by atoms with Crippen LogP contribution in [0.15, 0.2) is 11.0 Å². The van der Waals surface area contributed by atoms with Gasteiger partial charge in [0.1, 0.15) is 0 Å². The highest BCUT2D eigenvalue weighted by Gasteiger charge is 2.05. The van der Waals surface area contributed by atoms with Crippen LogP contribution in [0.4, 0.5) is 5.95 Å². The predicted molar refractivity (Wildman–Crippen MR) is 61.0 cm³/mol. The molecule has 0 aromatic carbocycles. The van der Waals surface area contributed by atoms with Gasteiger partial charge >= 0.3 is 0 Å². The average molecular weight is 219 g/mol. The lowest BCUT2D eigenvalue weighted by atomic mass is 10.2. The predicted octanol–water partition coefficient (Wildman–Crippen LogP) is 0.638. The fourth-order valence-electron chi connectivity index (χ4n) is 1.45. The van der Waals surface area contributed by atoms with Crippen LogP contribution in [0.3, 0.4) is 0 Å². The maximum atomic E-state index is 11.5. The lowest BCUT2D eigenvalue weighted by Crippen LogP contribution is -2.14. The number of fused-ring (bicyclic) bond motifs is 1. The molecule has 0 spiro atoms. The number of nitrogens with one attached hydrogen (secondary N) is 1. The summed E-state index contributed by atoms with van der Waals surface area (Å²) in [4.78, 5) is 26.2. The number of hydrogen-bond acceptors (Lipinski definition) is 5. The van der Waals surface area contributed by atoms with E-state index in [0.29, 0.717) is 5.65 Å². The van der Waals surface area contributed by atoms with E-state index in [0.717, 1.165) is 25.0 Å². The Hall–Kier alpha value is -1.98. The van der Waals surface area contributed by atoms with Gasteiger partial charge in [-0.25, -0.2) is 9.97 Å². The Balaban J connectivity index is 2.49. The third-order valence-corrected chi connectivity index (χ3v) is 2.27. The molecule has 0 aliphatic heterocycles. The van der Waals surface area contributed by atoms with Gasteiger partial charge in [0.15, 0.2) is 11.2 Å². The van der Waals surface area contributed by atoms with Gasteiger partial charge in [0, 0.05) is 0 Å². The topological polar surface area (TPSA) is 97.5 Å². The third-order valence-electron chi connectivity index (χ3n) is 2.27. The van der Waals surface area contributed by atoms with E-state index in [-0.39, 0.29) is 17.0 Å². The first-order valence-corrected chi connectivity index (χ1v) is 5.22. The average Bonchev–Trinajstić information content (AvgIpc) is 2.26. The normalized spacial score (nSPS) is 10.8. The van der Waals surface area contributed by atoms with Crippen LogP contribution in [0, 0.1) is 0 Å². The Morgan fingerprint density at radius 3 is 3.00 bits per heavy atom. The highest BCUT2D eigenvalue weighted by Crippen LogP contribution is 2.05. The summed E-state index contributed by atoms with van der Waals surface area (Å²) in [6.07, 6.45) is 4.57. The molecule has 0 fully saturated rings. The van der Waals surface area contributed by atoms with Gasteiger partial charge in [0.2, 0.25) is 5.95 Å². The molecular formula is C10H13N5O. The van der Waals surface area contributed by atoms with E-state index in [2.05, 4.69) is 26.9 Å². The molecule has 0 aliphatic carbocycles. The molecule has 84 valence electrons. The smallest absolute Gasteiger partial charge is 0.280 e. The van der Waals surface area contributed by atoms with Crippen molar-refractivity contribution in [3.63, 3.8) is 0 Å². The van der Waals surface area contributed by atoms with E-state index in [9.17, 15) is 4.79 Å². The molecule has 0 saturated heterocycles. The standard InChI is InChI=1S/C10H13N5O/c1-2-3-4-6-5-12-8-7(13-6)9(16)15-10(11)14-8/h5H,2-4H2,1H3,(H3,11,12,14,15,16). The van der Waals surface area contributed by atoms with Gasteiger partial charge in [-0.3, -0.25) is 9.78 Å². The number of nitrogens with two attached hydrogens (primary N) is 1. The Kier molecular flexibility index (Phi) is 2.80. The Bertz CT molecular complexity index is 563. The van der Waals surface area contributed by atoms with E-state index in [1.54, 1.807) is 6.20 Å². The third kappa shape index (κ3) is 2.00. The Morgan fingerprint density at radius 2 is 2.25 bits per heavy atom. The molecule has 0 aliphatic rings. The van der Waals surface area contributed by atoms with Crippen LogP contribution in [0.5, 0.6) is 0 Å². The summed E-state index contributed by atoms with van der Waals surface area (Å²) in [6, 6.07) is 0. The maximum absolute atomic E-state index is 11.5. The van der Waals surface area contributed by atoms with Crippen molar-refractivity contribution in [1.82, 2.24) is 19.9 Å². The number of aromatic nitrogens is 4. The summed E-state index contributed by atoms with van der Waals surface area (Å²) < 4.78 is 0. The van der Waals surface area contributed by atoms with Crippen molar-refractivity contribution in [2.45, 2.75) is 26.2 Å². The first-order chi connectivity index (χ1) is 7.70. The van der Waals surface area contributed by atoms with E-state index in [4.69, 9.17) is 5.73 Å².